The molecule has 1 amide bonds. The molecule has 4 aromatic rings. The summed E-state index contributed by atoms with van der Waals surface area (Å²) in [5.41, 5.74) is 6.80. The van der Waals surface area contributed by atoms with Crippen LogP contribution in [0.25, 0.3) is 5.69 Å². The number of benzene rings is 3. The smallest absolute Gasteiger partial charge is 0.348 e. The molecule has 214 valence electrons. The minimum absolute atomic E-state index is 0.00265. The third-order valence-corrected chi connectivity index (χ3v) is 6.19. The molecule has 0 fully saturated rings. The van der Waals surface area contributed by atoms with Crippen LogP contribution in [0.5, 0.6) is 11.5 Å². The second-order valence-corrected chi connectivity index (χ2v) is 9.38. The van der Waals surface area contributed by atoms with Crippen LogP contribution in [0.3, 0.4) is 0 Å². The van der Waals surface area contributed by atoms with Crippen molar-refractivity contribution in [3.05, 3.63) is 100.0 Å². The monoisotopic (exact) mass is 561 g/mol. The lowest BCUT2D eigenvalue weighted by molar-refractivity contribution is -0.135. The van der Waals surface area contributed by atoms with Crippen molar-refractivity contribution in [2.75, 3.05) is 26.0 Å². The number of aromatic nitrogens is 3. The SMILES string of the molecule is CCOc1cc(C(Nc2ccc(C(=N)N)cc2)c2nn(-c3ccccc3F)c(=O)[nH]2)ccc1OC(C)C(=O)N(C)C. The van der Waals surface area contributed by atoms with Gasteiger partial charge in [-0.05, 0) is 67.9 Å². The van der Waals surface area contributed by atoms with Crippen LogP contribution in [0.15, 0.2) is 71.5 Å². The number of amides is 1. The Morgan fingerprint density at radius 2 is 1.85 bits per heavy atom. The number of para-hydroxylation sites is 1. The molecule has 0 saturated carbocycles. The summed E-state index contributed by atoms with van der Waals surface area (Å²) in [6, 6.07) is 17.1. The van der Waals surface area contributed by atoms with Gasteiger partial charge in [0.1, 0.15) is 23.4 Å². The highest BCUT2D eigenvalue weighted by molar-refractivity contribution is 5.95. The number of likely N-dealkylation sites (N-methyl/N-ethyl adjacent to an activating group) is 1. The van der Waals surface area contributed by atoms with Crippen molar-refractivity contribution in [2.45, 2.75) is 26.0 Å². The fourth-order valence-corrected chi connectivity index (χ4v) is 4.15. The maximum Gasteiger partial charge on any atom is 0.348 e. The first-order chi connectivity index (χ1) is 19.6. The van der Waals surface area contributed by atoms with Gasteiger partial charge in [-0.2, -0.15) is 4.68 Å². The van der Waals surface area contributed by atoms with E-state index in [1.54, 1.807) is 69.6 Å². The van der Waals surface area contributed by atoms with Gasteiger partial charge >= 0.3 is 5.69 Å². The minimum atomic E-state index is -0.753. The number of rotatable bonds is 11. The molecule has 0 bridgehead atoms. The lowest BCUT2D eigenvalue weighted by Crippen LogP contribution is -2.35. The van der Waals surface area contributed by atoms with Crippen molar-refractivity contribution in [1.82, 2.24) is 19.7 Å². The molecule has 2 atom stereocenters. The Labute approximate surface area is 236 Å². The molecule has 12 heteroatoms. The van der Waals surface area contributed by atoms with Crippen molar-refractivity contribution in [2.24, 2.45) is 5.73 Å². The molecule has 4 rings (SSSR count). The number of nitrogens with one attached hydrogen (secondary N) is 3. The number of anilines is 1. The fraction of sp³-hybridized carbons (Fsp3) is 0.241. The number of nitrogens with zero attached hydrogens (tertiary/aromatic N) is 3. The number of nitrogens with two attached hydrogens (primary N) is 1. The number of carbonyl (C=O) groups excluding carboxylic acids is 1. The van der Waals surface area contributed by atoms with E-state index in [2.05, 4.69) is 15.4 Å². The Bertz CT molecular complexity index is 1600. The van der Waals surface area contributed by atoms with E-state index in [0.29, 0.717) is 34.9 Å². The Hall–Kier alpha value is -5.13. The number of hydrogen-bond acceptors (Lipinski definition) is 7. The molecule has 0 saturated heterocycles. The highest BCUT2D eigenvalue weighted by Gasteiger charge is 2.24. The normalized spacial score (nSPS) is 12.3. The summed E-state index contributed by atoms with van der Waals surface area (Å²) < 4.78 is 27.3. The van der Waals surface area contributed by atoms with Crippen molar-refractivity contribution >= 4 is 17.4 Å². The summed E-state index contributed by atoms with van der Waals surface area (Å²) in [5.74, 6) is 0.0900. The standard InChI is InChI=1S/C29H32FN7O4/c1-5-40-24-16-19(12-15-23(24)41-17(2)28(38)36(3)4)25(33-20-13-10-18(11-14-20)26(31)32)27-34-29(39)37(35-27)22-9-7-6-8-21(22)30/h6-17,25,33H,5H2,1-4H3,(H3,31,32)(H,34,35,39). The van der Waals surface area contributed by atoms with E-state index in [0.717, 1.165) is 4.68 Å². The van der Waals surface area contributed by atoms with Gasteiger partial charge in [0, 0.05) is 25.3 Å². The van der Waals surface area contributed by atoms with Crippen LogP contribution in [0.4, 0.5) is 10.1 Å². The average molecular weight is 562 g/mol. The number of amidine groups is 1. The first-order valence-electron chi connectivity index (χ1n) is 12.9. The second-order valence-electron chi connectivity index (χ2n) is 9.38. The topological polar surface area (TPSA) is 151 Å². The van der Waals surface area contributed by atoms with Crippen LogP contribution in [-0.4, -0.2) is 58.2 Å². The zero-order valence-corrected chi connectivity index (χ0v) is 23.1. The van der Waals surface area contributed by atoms with E-state index in [9.17, 15) is 14.0 Å². The van der Waals surface area contributed by atoms with Gasteiger partial charge in [0.2, 0.25) is 0 Å². The molecule has 1 heterocycles. The fourth-order valence-electron chi connectivity index (χ4n) is 4.15. The number of ether oxygens (including phenoxy) is 2. The van der Waals surface area contributed by atoms with Gasteiger partial charge in [-0.3, -0.25) is 15.2 Å². The molecule has 1 aromatic heterocycles. The van der Waals surface area contributed by atoms with Gasteiger partial charge in [0.25, 0.3) is 5.91 Å². The van der Waals surface area contributed by atoms with E-state index >= 15 is 0 Å². The lowest BCUT2D eigenvalue weighted by Gasteiger charge is -2.22. The van der Waals surface area contributed by atoms with Gasteiger partial charge in [-0.1, -0.05) is 18.2 Å². The number of H-pyrrole nitrogens is 1. The molecular formula is C29H32FN7O4. The zero-order valence-electron chi connectivity index (χ0n) is 23.1. The number of carbonyl (C=O) groups is 1. The highest BCUT2D eigenvalue weighted by Crippen LogP contribution is 2.34. The number of nitrogen functional groups attached to an aromatic ring is 1. The molecule has 0 aliphatic rings. The Morgan fingerprint density at radius 1 is 1.15 bits per heavy atom. The summed E-state index contributed by atoms with van der Waals surface area (Å²) in [7, 11) is 3.30. The quantitative estimate of drug-likeness (QED) is 0.162. The predicted molar refractivity (Wildman–Crippen MR) is 153 cm³/mol. The van der Waals surface area contributed by atoms with Gasteiger partial charge in [-0.25, -0.2) is 9.18 Å². The Morgan fingerprint density at radius 3 is 2.49 bits per heavy atom. The van der Waals surface area contributed by atoms with Gasteiger partial charge in [0.15, 0.2) is 23.4 Å². The van der Waals surface area contributed by atoms with Crippen molar-refractivity contribution < 1.29 is 18.7 Å². The van der Waals surface area contributed by atoms with Crippen LogP contribution in [0.1, 0.15) is 36.8 Å². The van der Waals surface area contributed by atoms with E-state index in [4.69, 9.17) is 20.6 Å². The first-order valence-corrected chi connectivity index (χ1v) is 12.9. The van der Waals surface area contributed by atoms with Gasteiger partial charge in [-0.15, -0.1) is 5.10 Å². The van der Waals surface area contributed by atoms with Crippen LogP contribution in [0.2, 0.25) is 0 Å². The second kappa shape index (κ2) is 12.4. The Balaban J connectivity index is 1.78. The van der Waals surface area contributed by atoms with E-state index in [1.165, 1.54) is 23.1 Å². The predicted octanol–water partition coefficient (Wildman–Crippen LogP) is 3.44. The van der Waals surface area contributed by atoms with Crippen LogP contribution in [-0.2, 0) is 4.79 Å². The molecular weight excluding hydrogens is 529 g/mol. The molecule has 3 aromatic carbocycles. The summed E-state index contributed by atoms with van der Waals surface area (Å²) in [6.07, 6.45) is -0.753. The molecule has 0 aliphatic heterocycles. The summed E-state index contributed by atoms with van der Waals surface area (Å²) in [5, 5.41) is 15.4. The van der Waals surface area contributed by atoms with E-state index in [1.807, 2.05) is 6.92 Å². The minimum Gasteiger partial charge on any atom is -0.490 e. The van der Waals surface area contributed by atoms with Crippen LogP contribution >= 0.6 is 0 Å². The van der Waals surface area contributed by atoms with Crippen molar-refractivity contribution in [3.63, 3.8) is 0 Å². The van der Waals surface area contributed by atoms with Crippen molar-refractivity contribution in [1.29, 1.82) is 5.41 Å². The lowest BCUT2D eigenvalue weighted by atomic mass is 10.0. The van der Waals surface area contributed by atoms with Crippen molar-refractivity contribution in [3.8, 4) is 17.2 Å². The number of aromatic amines is 1. The summed E-state index contributed by atoms with van der Waals surface area (Å²) in [4.78, 5) is 29.5. The molecule has 0 aliphatic carbocycles. The Kier molecular flexibility index (Phi) is 8.71. The average Bonchev–Trinajstić information content (AvgIpc) is 3.33. The largest absolute Gasteiger partial charge is 0.490 e. The molecule has 11 nitrogen and oxygen atoms in total. The maximum absolute atomic E-state index is 14.5. The molecule has 41 heavy (non-hydrogen) atoms. The van der Waals surface area contributed by atoms with Gasteiger partial charge in [0.05, 0.1) is 6.61 Å². The van der Waals surface area contributed by atoms with Crippen LogP contribution in [0, 0.1) is 11.2 Å². The zero-order chi connectivity index (χ0) is 29.7. The third-order valence-electron chi connectivity index (χ3n) is 6.19. The summed E-state index contributed by atoms with van der Waals surface area (Å²) >= 11 is 0. The van der Waals surface area contributed by atoms with E-state index in [-0.39, 0.29) is 23.3 Å². The van der Waals surface area contributed by atoms with E-state index < -0.39 is 23.7 Å². The molecule has 2 unspecified atom stereocenters. The molecule has 0 spiro atoms. The number of halogens is 1. The highest BCUT2D eigenvalue weighted by atomic mass is 19.1. The van der Waals surface area contributed by atoms with Gasteiger partial charge < -0.3 is 25.4 Å². The number of hydrogen-bond donors (Lipinski definition) is 4. The molecule has 5 N–H and O–H groups in total. The molecule has 0 radical (unpaired) electrons. The van der Waals surface area contributed by atoms with Crippen LogP contribution < -0.4 is 26.2 Å². The maximum atomic E-state index is 14.5. The summed E-state index contributed by atoms with van der Waals surface area (Å²) in [6.45, 7) is 3.81. The first kappa shape index (κ1) is 28.9. The third kappa shape index (κ3) is 6.55.